The van der Waals surface area contributed by atoms with Gasteiger partial charge in [0.25, 0.3) is 0 Å². The van der Waals surface area contributed by atoms with Crippen molar-refractivity contribution in [1.82, 2.24) is 10.2 Å². The van der Waals surface area contributed by atoms with Crippen LogP contribution in [-0.4, -0.2) is 36.6 Å². The molecule has 0 saturated carbocycles. The smallest absolute Gasteiger partial charge is 0.0190 e. The lowest BCUT2D eigenvalue weighted by Crippen LogP contribution is -2.47. The van der Waals surface area contributed by atoms with Crippen molar-refractivity contribution in [1.29, 1.82) is 0 Å². The molecule has 1 aliphatic rings. The molecule has 1 aliphatic heterocycles. The number of rotatable bonds is 4. The van der Waals surface area contributed by atoms with E-state index in [9.17, 15) is 0 Å². The average Bonchev–Trinajstić information content (AvgIpc) is 2.13. The highest BCUT2D eigenvalue weighted by atomic mass is 15.1. The molecular weight excluding hydrogens is 208 g/mol. The summed E-state index contributed by atoms with van der Waals surface area (Å²) in [5.41, 5.74) is 2.08. The molecule has 0 fully saturated rings. The average molecular weight is 238 g/mol. The summed E-state index contributed by atoms with van der Waals surface area (Å²) in [6.07, 6.45) is 3.59. The van der Waals surface area contributed by atoms with E-state index in [0.717, 1.165) is 13.1 Å². The highest BCUT2D eigenvalue weighted by Gasteiger charge is 2.24. The van der Waals surface area contributed by atoms with Crippen LogP contribution in [0.4, 0.5) is 0 Å². The highest BCUT2D eigenvalue weighted by molar-refractivity contribution is 5.05. The fraction of sp³-hybridized carbons (Fsp3) is 0.867. The SMILES string of the molecule is CC1=CCCN(CC(C)(C)CNC(C)(C)C)C1. The lowest BCUT2D eigenvalue weighted by Gasteiger charge is -2.36. The number of nitrogens with zero attached hydrogens (tertiary/aromatic N) is 1. The minimum absolute atomic E-state index is 0.217. The molecule has 0 amide bonds. The van der Waals surface area contributed by atoms with E-state index < -0.39 is 0 Å². The second-order valence-electron chi connectivity index (χ2n) is 7.32. The summed E-state index contributed by atoms with van der Waals surface area (Å²) in [6.45, 7) is 18.3. The van der Waals surface area contributed by atoms with Crippen molar-refractivity contribution >= 4 is 0 Å². The molecule has 1 N–H and O–H groups in total. The molecule has 17 heavy (non-hydrogen) atoms. The second kappa shape index (κ2) is 5.53. The highest BCUT2D eigenvalue weighted by Crippen LogP contribution is 2.20. The third-order valence-corrected chi connectivity index (χ3v) is 3.16. The van der Waals surface area contributed by atoms with Crippen LogP contribution in [0.2, 0.25) is 0 Å². The first-order valence-electron chi connectivity index (χ1n) is 6.81. The molecule has 0 atom stereocenters. The number of hydrogen-bond donors (Lipinski definition) is 1. The summed E-state index contributed by atoms with van der Waals surface area (Å²) >= 11 is 0. The lowest BCUT2D eigenvalue weighted by molar-refractivity contribution is 0.172. The van der Waals surface area contributed by atoms with Crippen LogP contribution in [0, 0.1) is 5.41 Å². The monoisotopic (exact) mass is 238 g/mol. The van der Waals surface area contributed by atoms with Crippen LogP contribution in [-0.2, 0) is 0 Å². The predicted octanol–water partition coefficient (Wildman–Crippen LogP) is 3.05. The topological polar surface area (TPSA) is 15.3 Å². The predicted molar refractivity (Wildman–Crippen MR) is 76.4 cm³/mol. The van der Waals surface area contributed by atoms with Crippen molar-refractivity contribution < 1.29 is 0 Å². The summed E-state index contributed by atoms with van der Waals surface area (Å²) in [7, 11) is 0. The van der Waals surface area contributed by atoms with E-state index in [2.05, 4.69) is 57.8 Å². The van der Waals surface area contributed by atoms with Gasteiger partial charge in [-0.25, -0.2) is 0 Å². The third-order valence-electron chi connectivity index (χ3n) is 3.16. The van der Waals surface area contributed by atoms with Crippen molar-refractivity contribution in [3.05, 3.63) is 11.6 Å². The molecule has 0 unspecified atom stereocenters. The molecule has 0 aromatic heterocycles. The van der Waals surface area contributed by atoms with Gasteiger partial charge in [-0.1, -0.05) is 25.5 Å². The fourth-order valence-electron chi connectivity index (χ4n) is 2.29. The summed E-state index contributed by atoms with van der Waals surface area (Å²) < 4.78 is 0. The van der Waals surface area contributed by atoms with Gasteiger partial charge in [-0.05, 0) is 39.5 Å². The van der Waals surface area contributed by atoms with Gasteiger partial charge in [0.2, 0.25) is 0 Å². The van der Waals surface area contributed by atoms with Gasteiger partial charge in [0, 0.05) is 31.7 Å². The molecule has 1 rings (SSSR count). The fourth-order valence-corrected chi connectivity index (χ4v) is 2.29. The van der Waals surface area contributed by atoms with E-state index in [1.54, 1.807) is 0 Å². The van der Waals surface area contributed by atoms with Crippen LogP contribution in [0.1, 0.15) is 48.0 Å². The third kappa shape index (κ3) is 6.23. The summed E-state index contributed by atoms with van der Waals surface area (Å²) in [5, 5.41) is 3.62. The van der Waals surface area contributed by atoms with Crippen LogP contribution in [0.5, 0.6) is 0 Å². The molecule has 0 aliphatic carbocycles. The van der Waals surface area contributed by atoms with Crippen molar-refractivity contribution in [3.8, 4) is 0 Å². The minimum Gasteiger partial charge on any atom is -0.311 e. The maximum atomic E-state index is 3.62. The van der Waals surface area contributed by atoms with Gasteiger partial charge in [-0.2, -0.15) is 0 Å². The second-order valence-corrected chi connectivity index (χ2v) is 7.32. The van der Waals surface area contributed by atoms with Gasteiger partial charge in [-0.15, -0.1) is 0 Å². The Morgan fingerprint density at radius 3 is 2.41 bits per heavy atom. The lowest BCUT2D eigenvalue weighted by atomic mass is 9.90. The maximum Gasteiger partial charge on any atom is 0.0190 e. The molecule has 0 saturated heterocycles. The minimum atomic E-state index is 0.217. The van der Waals surface area contributed by atoms with Crippen molar-refractivity contribution in [2.75, 3.05) is 26.2 Å². The standard InChI is InChI=1S/C15H30N2/c1-13-8-7-9-17(10-13)12-15(5,6)11-16-14(2,3)4/h8,16H,7,9-12H2,1-6H3. The maximum absolute atomic E-state index is 3.62. The van der Waals surface area contributed by atoms with E-state index in [1.807, 2.05) is 0 Å². The van der Waals surface area contributed by atoms with E-state index in [4.69, 9.17) is 0 Å². The van der Waals surface area contributed by atoms with Crippen molar-refractivity contribution in [2.24, 2.45) is 5.41 Å². The number of hydrogen-bond acceptors (Lipinski definition) is 2. The summed E-state index contributed by atoms with van der Waals surface area (Å²) in [5.74, 6) is 0. The largest absolute Gasteiger partial charge is 0.311 e. The van der Waals surface area contributed by atoms with E-state index >= 15 is 0 Å². The van der Waals surface area contributed by atoms with E-state index in [1.165, 1.54) is 25.1 Å². The van der Waals surface area contributed by atoms with Crippen molar-refractivity contribution in [2.45, 2.75) is 53.5 Å². The number of nitrogens with one attached hydrogen (secondary N) is 1. The Morgan fingerprint density at radius 2 is 1.88 bits per heavy atom. The van der Waals surface area contributed by atoms with Crippen LogP contribution >= 0.6 is 0 Å². The van der Waals surface area contributed by atoms with Crippen molar-refractivity contribution in [3.63, 3.8) is 0 Å². The molecule has 2 nitrogen and oxygen atoms in total. The van der Waals surface area contributed by atoms with Crippen LogP contribution in [0.3, 0.4) is 0 Å². The first-order chi connectivity index (χ1) is 7.68. The Bertz CT molecular complexity index is 271. The van der Waals surface area contributed by atoms with E-state index in [-0.39, 0.29) is 5.54 Å². The molecular formula is C15H30N2. The zero-order valence-corrected chi connectivity index (χ0v) is 12.6. The van der Waals surface area contributed by atoms with Gasteiger partial charge in [0.05, 0.1) is 0 Å². The quantitative estimate of drug-likeness (QED) is 0.757. The Morgan fingerprint density at radius 1 is 1.24 bits per heavy atom. The van der Waals surface area contributed by atoms with Crippen LogP contribution < -0.4 is 5.32 Å². The first kappa shape index (κ1) is 14.7. The molecule has 0 bridgehead atoms. The van der Waals surface area contributed by atoms with E-state index in [0.29, 0.717) is 5.41 Å². The summed E-state index contributed by atoms with van der Waals surface area (Å²) in [4.78, 5) is 2.58. The Balaban J connectivity index is 2.41. The van der Waals surface area contributed by atoms with Gasteiger partial charge in [-0.3, -0.25) is 4.90 Å². The first-order valence-corrected chi connectivity index (χ1v) is 6.81. The Labute approximate surface area is 107 Å². The van der Waals surface area contributed by atoms with Gasteiger partial charge < -0.3 is 5.32 Å². The van der Waals surface area contributed by atoms with Gasteiger partial charge in [0.1, 0.15) is 0 Å². The van der Waals surface area contributed by atoms with Gasteiger partial charge in [0.15, 0.2) is 0 Å². The zero-order chi connectivity index (χ0) is 13.1. The molecule has 0 radical (unpaired) electrons. The molecule has 1 heterocycles. The zero-order valence-electron chi connectivity index (χ0n) is 12.6. The normalized spacial score (nSPS) is 19.3. The molecule has 0 spiro atoms. The Kier molecular flexibility index (Phi) is 4.79. The van der Waals surface area contributed by atoms with Gasteiger partial charge >= 0.3 is 0 Å². The molecule has 0 aromatic rings. The molecule has 100 valence electrons. The molecule has 0 aromatic carbocycles. The van der Waals surface area contributed by atoms with Crippen LogP contribution in [0.15, 0.2) is 11.6 Å². The Hall–Kier alpha value is -0.340. The summed E-state index contributed by atoms with van der Waals surface area (Å²) in [6, 6.07) is 0. The van der Waals surface area contributed by atoms with Crippen LogP contribution in [0.25, 0.3) is 0 Å². The molecule has 2 heteroatoms.